The fourth-order valence-corrected chi connectivity index (χ4v) is 15.5. The van der Waals surface area contributed by atoms with Gasteiger partial charge in [-0.25, -0.2) is 0 Å². The first-order valence-corrected chi connectivity index (χ1v) is 37.6. The number of fused-ring (bicyclic) bond motifs is 2. The Bertz CT molecular complexity index is 5860. The van der Waals surface area contributed by atoms with Crippen LogP contribution in [0.2, 0.25) is 0 Å². The molecule has 0 atom stereocenters. The van der Waals surface area contributed by atoms with Crippen molar-refractivity contribution in [2.45, 2.75) is 39.5 Å². The van der Waals surface area contributed by atoms with Gasteiger partial charge in [-0.15, -0.1) is 0 Å². The highest BCUT2D eigenvalue weighted by atomic mass is 15.2. The van der Waals surface area contributed by atoms with Gasteiger partial charge < -0.3 is 19.6 Å². The van der Waals surface area contributed by atoms with Gasteiger partial charge >= 0.3 is 0 Å². The van der Waals surface area contributed by atoms with Gasteiger partial charge in [0.2, 0.25) is 0 Å². The van der Waals surface area contributed by atoms with Crippen molar-refractivity contribution in [3.8, 4) is 66.8 Å². The summed E-state index contributed by atoms with van der Waals surface area (Å²) in [5.41, 5.74) is 29.1. The largest absolute Gasteiger partial charge is 0.310 e. The molecule has 0 radical (unpaired) electrons. The quantitative estimate of drug-likeness (QED) is 0.0705. The summed E-state index contributed by atoms with van der Waals surface area (Å²) in [6.45, 7) is 9.05. The molecule has 0 aliphatic carbocycles. The van der Waals surface area contributed by atoms with Crippen molar-refractivity contribution < 1.29 is 0 Å². The van der Waals surface area contributed by atoms with Gasteiger partial charge in [-0.05, 0) is 293 Å². The predicted octanol–water partition coefficient (Wildman–Crippen LogP) is 30.1. The summed E-state index contributed by atoms with van der Waals surface area (Å²) in [6.07, 6.45) is 0. The van der Waals surface area contributed by atoms with Gasteiger partial charge in [-0.2, -0.15) is 0 Å². The van der Waals surface area contributed by atoms with Crippen LogP contribution in [0, 0.1) is 0 Å². The number of benzene rings is 17. The van der Waals surface area contributed by atoms with Crippen molar-refractivity contribution in [3.63, 3.8) is 0 Å². The van der Waals surface area contributed by atoms with Gasteiger partial charge in [-0.3, -0.25) is 0 Å². The minimum atomic E-state index is 0.365. The summed E-state index contributed by atoms with van der Waals surface area (Å²) in [6, 6.07) is 152. The smallest absolute Gasteiger partial charge is 0.0467 e. The van der Waals surface area contributed by atoms with E-state index < -0.39 is 0 Å². The van der Waals surface area contributed by atoms with Gasteiger partial charge in [0.25, 0.3) is 0 Å². The molecule has 0 aromatic heterocycles. The van der Waals surface area contributed by atoms with E-state index >= 15 is 0 Å². The first-order valence-electron chi connectivity index (χ1n) is 37.6. The van der Waals surface area contributed by atoms with Crippen LogP contribution >= 0.6 is 0 Å². The second-order valence-electron chi connectivity index (χ2n) is 28.5. The van der Waals surface area contributed by atoms with E-state index in [1.165, 1.54) is 22.3 Å². The highest BCUT2D eigenvalue weighted by Crippen LogP contribution is 2.50. The molecule has 17 aromatic carbocycles. The highest BCUT2D eigenvalue weighted by Gasteiger charge is 2.24. The van der Waals surface area contributed by atoms with Gasteiger partial charge in [0.15, 0.2) is 0 Å². The van der Waals surface area contributed by atoms with Gasteiger partial charge in [-0.1, -0.05) is 258 Å². The van der Waals surface area contributed by atoms with Crippen molar-refractivity contribution in [2.75, 3.05) is 19.6 Å². The molecule has 0 fully saturated rings. The van der Waals surface area contributed by atoms with E-state index in [0.29, 0.717) is 11.8 Å². The summed E-state index contributed by atoms with van der Waals surface area (Å²) in [4.78, 5) is 9.49. The molecule has 17 rings (SSSR count). The number of nitrogens with zero attached hydrogens (tertiary/aromatic N) is 4. The lowest BCUT2D eigenvalue weighted by molar-refractivity contribution is 0.866. The lowest BCUT2D eigenvalue weighted by Gasteiger charge is -2.27. The average Bonchev–Trinajstić information content (AvgIpc) is 0.728. The van der Waals surface area contributed by atoms with E-state index in [4.69, 9.17) is 0 Å². The topological polar surface area (TPSA) is 13.0 Å². The second-order valence-corrected chi connectivity index (χ2v) is 28.5. The molecular formula is C104H82N4. The van der Waals surface area contributed by atoms with E-state index in [0.717, 1.165) is 145 Å². The molecule has 0 heterocycles. The van der Waals surface area contributed by atoms with Crippen LogP contribution in [-0.4, -0.2) is 0 Å². The molecule has 518 valence electrons. The van der Waals surface area contributed by atoms with Crippen molar-refractivity contribution >= 4 is 89.8 Å². The number of hydrogen-bond donors (Lipinski definition) is 0. The fourth-order valence-electron chi connectivity index (χ4n) is 15.5. The predicted molar refractivity (Wildman–Crippen MR) is 461 cm³/mol. The van der Waals surface area contributed by atoms with E-state index in [1.807, 2.05) is 0 Å². The third-order valence-electron chi connectivity index (χ3n) is 20.8. The maximum Gasteiger partial charge on any atom is 0.0467 e. The van der Waals surface area contributed by atoms with Crippen LogP contribution in [-0.2, 0) is 0 Å². The zero-order valence-corrected chi connectivity index (χ0v) is 61.2. The highest BCUT2D eigenvalue weighted by molar-refractivity contribution is 6.22. The molecule has 0 bridgehead atoms. The summed E-state index contributed by atoms with van der Waals surface area (Å²) in [7, 11) is 0. The molecule has 0 saturated heterocycles. The van der Waals surface area contributed by atoms with Crippen molar-refractivity contribution in [3.05, 3.63) is 424 Å². The summed E-state index contributed by atoms with van der Waals surface area (Å²) in [5.74, 6) is 0.779. The lowest BCUT2D eigenvalue weighted by Crippen LogP contribution is -2.10. The molecule has 0 unspecified atom stereocenters. The molecule has 0 aliphatic heterocycles. The molecule has 0 aliphatic rings. The van der Waals surface area contributed by atoms with Crippen LogP contribution in [0.3, 0.4) is 0 Å². The van der Waals surface area contributed by atoms with Gasteiger partial charge in [0.1, 0.15) is 0 Å². The zero-order valence-electron chi connectivity index (χ0n) is 61.2. The Kier molecular flexibility index (Phi) is 19.0. The SMILES string of the molecule is CC(C)c1ccc(N(c2ccccc2)c2cccc(-c3cc(-c4cccc(N(c5ccccc5)c5ccccc5)c4)cc(-c4c5ccccc5c(-c5cc(-c6cccc(N(c7ccccc7)c7ccccc7)c6)cc(-c6cccc(N(c7ccccc7)c7cccc(C(C)C)c7)c6)c5)c5ccccc45)c3)c2)cc1. The molecular weight excluding hydrogens is 1310 g/mol. The zero-order chi connectivity index (χ0) is 72.9. The first-order chi connectivity index (χ1) is 53.2. The number of rotatable bonds is 20. The Labute approximate surface area is 635 Å². The Morgan fingerprint density at radius 2 is 0.361 bits per heavy atom. The van der Waals surface area contributed by atoms with Crippen molar-refractivity contribution in [1.29, 1.82) is 0 Å². The normalized spacial score (nSPS) is 11.3. The maximum atomic E-state index is 2.44. The lowest BCUT2D eigenvalue weighted by atomic mass is 9.83. The first kappa shape index (κ1) is 67.6. The minimum absolute atomic E-state index is 0.365. The molecule has 0 N–H and O–H groups in total. The van der Waals surface area contributed by atoms with Gasteiger partial charge in [0.05, 0.1) is 0 Å². The molecule has 0 saturated carbocycles. The Morgan fingerprint density at radius 3 is 0.630 bits per heavy atom. The number of anilines is 12. The molecule has 0 amide bonds. The standard InChI is InChI=1S/C104H82N4/c1-73(2)75-58-60-93(61-59-75)107(91-45-19-9-20-46-91)97-52-30-35-79(71-97)83-62-81(77-33-28-50-95(69-77)105(87-37-11-5-12-38-87)88-39-13-6-14-40-88)64-85(66-83)103-99-54-23-25-56-101(99)104(102-57-26-24-55-100(102)103)86-65-82(78-34-29-51-96(70-78)106(89-41-15-7-16-42-89)90-43-17-8-18-44-90)63-84(67-86)80-36-31-53-98(72-80)108(92-47-21-10-22-48-92)94-49-27-32-76(68-94)74(3)4/h5-74H,1-4H3. The summed E-state index contributed by atoms with van der Waals surface area (Å²) < 4.78 is 0. The average molecular weight is 1390 g/mol. The molecule has 4 nitrogen and oxygen atoms in total. The van der Waals surface area contributed by atoms with Crippen molar-refractivity contribution in [1.82, 2.24) is 0 Å². The molecule has 4 heteroatoms. The van der Waals surface area contributed by atoms with Crippen LogP contribution < -0.4 is 19.6 Å². The Balaban J connectivity index is 0.881. The maximum absolute atomic E-state index is 2.44. The minimum Gasteiger partial charge on any atom is -0.310 e. The number of para-hydroxylation sites is 6. The van der Waals surface area contributed by atoms with E-state index in [9.17, 15) is 0 Å². The Hall–Kier alpha value is -13.5. The third kappa shape index (κ3) is 13.8. The summed E-state index contributed by atoms with van der Waals surface area (Å²) >= 11 is 0. The van der Waals surface area contributed by atoms with Crippen LogP contribution in [0.5, 0.6) is 0 Å². The third-order valence-corrected chi connectivity index (χ3v) is 20.8. The van der Waals surface area contributed by atoms with E-state index in [2.05, 4.69) is 460 Å². The van der Waals surface area contributed by atoms with Crippen LogP contribution in [0.1, 0.15) is 50.7 Å². The second kappa shape index (κ2) is 30.3. The van der Waals surface area contributed by atoms with Crippen LogP contribution in [0.4, 0.5) is 68.2 Å². The molecule has 17 aromatic rings. The van der Waals surface area contributed by atoms with Crippen molar-refractivity contribution in [2.24, 2.45) is 0 Å². The monoisotopic (exact) mass is 1390 g/mol. The van der Waals surface area contributed by atoms with Crippen LogP contribution in [0.15, 0.2) is 413 Å². The number of hydrogen-bond acceptors (Lipinski definition) is 4. The molecule has 0 spiro atoms. The fraction of sp³-hybridized carbons (Fsp3) is 0.0577. The molecule has 108 heavy (non-hydrogen) atoms. The van der Waals surface area contributed by atoms with Gasteiger partial charge in [0, 0.05) is 68.2 Å². The van der Waals surface area contributed by atoms with Crippen LogP contribution in [0.25, 0.3) is 88.3 Å². The summed E-state index contributed by atoms with van der Waals surface area (Å²) in [5, 5.41) is 4.65. The Morgan fingerprint density at radius 1 is 0.148 bits per heavy atom. The van der Waals surface area contributed by atoms with E-state index in [1.54, 1.807) is 0 Å². The van der Waals surface area contributed by atoms with E-state index in [-0.39, 0.29) is 0 Å².